The van der Waals surface area contributed by atoms with E-state index in [0.717, 1.165) is 0 Å². The summed E-state index contributed by atoms with van der Waals surface area (Å²) in [4.78, 5) is 10.6. The summed E-state index contributed by atoms with van der Waals surface area (Å²) in [5, 5.41) is 12.7. The lowest BCUT2D eigenvalue weighted by atomic mass is 10.2. The van der Waals surface area contributed by atoms with E-state index in [0.29, 0.717) is 17.9 Å². The Balaban J connectivity index is 3.02. The fraction of sp³-hybridized carbons (Fsp3) is 0.250. The SMILES string of the molecule is CCOc1cc(C=NNC(N)=S)cc(Cl)c1OCC(=O)O. The number of benzene rings is 1. The van der Waals surface area contributed by atoms with Crippen LogP contribution < -0.4 is 20.6 Å². The van der Waals surface area contributed by atoms with Crippen LogP contribution in [0.25, 0.3) is 0 Å². The number of carboxylic acids is 1. The summed E-state index contributed by atoms with van der Waals surface area (Å²) in [6.07, 6.45) is 1.44. The molecule has 1 rings (SSSR count). The lowest BCUT2D eigenvalue weighted by molar-refractivity contribution is -0.139. The first kappa shape index (κ1) is 17.0. The largest absolute Gasteiger partial charge is 0.490 e. The van der Waals surface area contributed by atoms with E-state index in [1.54, 1.807) is 19.1 Å². The van der Waals surface area contributed by atoms with Gasteiger partial charge in [-0.05, 0) is 36.8 Å². The maximum Gasteiger partial charge on any atom is 0.341 e. The van der Waals surface area contributed by atoms with Crippen molar-refractivity contribution in [1.29, 1.82) is 0 Å². The molecular weight excluding hydrogens is 318 g/mol. The van der Waals surface area contributed by atoms with Gasteiger partial charge >= 0.3 is 5.97 Å². The van der Waals surface area contributed by atoms with Crippen molar-refractivity contribution in [2.24, 2.45) is 10.8 Å². The van der Waals surface area contributed by atoms with Gasteiger partial charge in [-0.15, -0.1) is 0 Å². The molecule has 0 spiro atoms. The van der Waals surface area contributed by atoms with E-state index < -0.39 is 12.6 Å². The molecule has 0 bridgehead atoms. The fourth-order valence-electron chi connectivity index (χ4n) is 1.37. The molecule has 0 atom stereocenters. The first-order valence-electron chi connectivity index (χ1n) is 5.83. The molecular formula is C12H14ClN3O4S. The maximum atomic E-state index is 10.6. The molecule has 0 amide bonds. The Bertz CT molecular complexity index is 566. The highest BCUT2D eigenvalue weighted by molar-refractivity contribution is 7.80. The molecule has 1 aromatic carbocycles. The summed E-state index contributed by atoms with van der Waals surface area (Å²) in [6.45, 7) is 1.63. The Hall–Kier alpha value is -2.06. The number of ether oxygens (including phenoxy) is 2. The highest BCUT2D eigenvalue weighted by Crippen LogP contribution is 2.36. The molecule has 0 fully saturated rings. The fourth-order valence-corrected chi connectivity index (χ4v) is 1.70. The van der Waals surface area contributed by atoms with Crippen molar-refractivity contribution < 1.29 is 19.4 Å². The quantitative estimate of drug-likeness (QED) is 0.393. The van der Waals surface area contributed by atoms with Gasteiger partial charge in [0.25, 0.3) is 0 Å². The third-order valence-electron chi connectivity index (χ3n) is 2.06. The molecule has 0 saturated carbocycles. The molecule has 114 valence electrons. The Morgan fingerprint density at radius 3 is 2.86 bits per heavy atom. The number of hydrazone groups is 1. The molecule has 0 radical (unpaired) electrons. The topological polar surface area (TPSA) is 106 Å². The van der Waals surface area contributed by atoms with E-state index in [2.05, 4.69) is 22.7 Å². The molecule has 0 aromatic heterocycles. The average Bonchev–Trinajstić information content (AvgIpc) is 2.37. The number of hydrogen-bond donors (Lipinski definition) is 3. The number of halogens is 1. The second kappa shape index (κ2) is 8.28. The third-order valence-corrected chi connectivity index (χ3v) is 2.43. The summed E-state index contributed by atoms with van der Waals surface area (Å²) >= 11 is 10.7. The number of carbonyl (C=O) groups is 1. The lowest BCUT2D eigenvalue weighted by Gasteiger charge is -2.13. The van der Waals surface area contributed by atoms with Gasteiger partial charge in [0, 0.05) is 0 Å². The number of nitrogens with zero attached hydrogens (tertiary/aromatic N) is 1. The normalized spacial score (nSPS) is 10.4. The van der Waals surface area contributed by atoms with Gasteiger partial charge in [0.15, 0.2) is 23.2 Å². The van der Waals surface area contributed by atoms with Crippen molar-refractivity contribution >= 4 is 41.1 Å². The molecule has 4 N–H and O–H groups in total. The summed E-state index contributed by atoms with van der Waals surface area (Å²) in [7, 11) is 0. The molecule has 0 aliphatic carbocycles. The van der Waals surface area contributed by atoms with Crippen LogP contribution in [0.2, 0.25) is 5.02 Å². The van der Waals surface area contributed by atoms with Crippen molar-refractivity contribution in [2.45, 2.75) is 6.92 Å². The van der Waals surface area contributed by atoms with E-state index in [1.807, 2.05) is 0 Å². The van der Waals surface area contributed by atoms with Crippen LogP contribution in [0.15, 0.2) is 17.2 Å². The monoisotopic (exact) mass is 331 g/mol. The molecule has 1 aromatic rings. The van der Waals surface area contributed by atoms with E-state index in [9.17, 15) is 4.79 Å². The average molecular weight is 332 g/mol. The molecule has 7 nitrogen and oxygen atoms in total. The zero-order chi connectivity index (χ0) is 15.8. The number of aliphatic carboxylic acids is 1. The van der Waals surface area contributed by atoms with Crippen LogP contribution in [0.4, 0.5) is 0 Å². The van der Waals surface area contributed by atoms with Gasteiger partial charge in [-0.25, -0.2) is 4.79 Å². The van der Waals surface area contributed by atoms with Gasteiger partial charge in [-0.2, -0.15) is 5.10 Å². The first-order chi connectivity index (χ1) is 9.93. The number of carboxylic acid groups (broad SMARTS) is 1. The highest BCUT2D eigenvalue weighted by atomic mass is 35.5. The summed E-state index contributed by atoms with van der Waals surface area (Å²) in [5.41, 5.74) is 8.25. The Morgan fingerprint density at radius 1 is 1.57 bits per heavy atom. The van der Waals surface area contributed by atoms with Crippen LogP contribution in [0.5, 0.6) is 11.5 Å². The maximum absolute atomic E-state index is 10.6. The van der Waals surface area contributed by atoms with Gasteiger partial charge in [-0.1, -0.05) is 11.6 Å². The van der Waals surface area contributed by atoms with Crippen molar-refractivity contribution in [1.82, 2.24) is 5.43 Å². The number of thiocarbonyl (C=S) groups is 1. The lowest BCUT2D eigenvalue weighted by Crippen LogP contribution is -2.24. The zero-order valence-electron chi connectivity index (χ0n) is 11.1. The summed E-state index contributed by atoms with van der Waals surface area (Å²) in [6, 6.07) is 3.16. The molecule has 21 heavy (non-hydrogen) atoms. The Kier molecular flexibility index (Phi) is 6.70. The smallest absolute Gasteiger partial charge is 0.341 e. The number of rotatable bonds is 7. The van der Waals surface area contributed by atoms with Crippen molar-refractivity contribution in [3.05, 3.63) is 22.7 Å². The van der Waals surface area contributed by atoms with Crippen molar-refractivity contribution in [3.8, 4) is 11.5 Å². The third kappa shape index (κ3) is 5.84. The van der Waals surface area contributed by atoms with Crippen LogP contribution in [0, 0.1) is 0 Å². The van der Waals surface area contributed by atoms with Gasteiger partial charge in [0.2, 0.25) is 0 Å². The standard InChI is InChI=1S/C12H14ClN3O4S/c1-2-19-9-4-7(5-15-16-12(14)21)3-8(13)11(9)20-6-10(17)18/h3-5H,2,6H2,1H3,(H,17,18)(H3,14,16,21). The molecule has 0 aliphatic heterocycles. The van der Waals surface area contributed by atoms with Gasteiger partial charge in [0.05, 0.1) is 17.8 Å². The molecule has 0 unspecified atom stereocenters. The Morgan fingerprint density at radius 2 is 2.29 bits per heavy atom. The van der Waals surface area contributed by atoms with E-state index >= 15 is 0 Å². The minimum Gasteiger partial charge on any atom is -0.490 e. The number of nitrogens with two attached hydrogens (primary N) is 1. The number of hydrogen-bond acceptors (Lipinski definition) is 5. The summed E-state index contributed by atoms with van der Waals surface area (Å²) in [5.74, 6) is -0.622. The van der Waals surface area contributed by atoms with Crippen molar-refractivity contribution in [3.63, 3.8) is 0 Å². The molecule has 0 heterocycles. The predicted molar refractivity (Wildman–Crippen MR) is 83.3 cm³/mol. The minimum absolute atomic E-state index is 0.0313. The van der Waals surface area contributed by atoms with Crippen LogP contribution >= 0.6 is 23.8 Å². The zero-order valence-corrected chi connectivity index (χ0v) is 12.7. The highest BCUT2D eigenvalue weighted by Gasteiger charge is 2.13. The predicted octanol–water partition coefficient (Wildman–Crippen LogP) is 1.37. The molecule has 0 aliphatic rings. The van der Waals surface area contributed by atoms with Gasteiger partial charge in [0.1, 0.15) is 0 Å². The molecule has 0 saturated heterocycles. The van der Waals surface area contributed by atoms with E-state index in [1.165, 1.54) is 6.21 Å². The van der Waals surface area contributed by atoms with Crippen LogP contribution in [-0.4, -0.2) is 35.6 Å². The molecule has 9 heteroatoms. The minimum atomic E-state index is -1.11. The van der Waals surface area contributed by atoms with Gasteiger partial charge in [-0.3, -0.25) is 5.43 Å². The van der Waals surface area contributed by atoms with Crippen LogP contribution in [-0.2, 0) is 4.79 Å². The number of nitrogens with one attached hydrogen (secondary N) is 1. The van der Waals surface area contributed by atoms with Crippen LogP contribution in [0.3, 0.4) is 0 Å². The Labute approximate surface area is 131 Å². The first-order valence-corrected chi connectivity index (χ1v) is 6.62. The van der Waals surface area contributed by atoms with Gasteiger partial charge < -0.3 is 20.3 Å². The van der Waals surface area contributed by atoms with E-state index in [-0.39, 0.29) is 15.9 Å². The van der Waals surface area contributed by atoms with Crippen molar-refractivity contribution in [2.75, 3.05) is 13.2 Å². The second-order valence-corrected chi connectivity index (χ2v) is 4.53. The summed E-state index contributed by atoms with van der Waals surface area (Å²) < 4.78 is 10.5. The second-order valence-electron chi connectivity index (χ2n) is 3.68. The van der Waals surface area contributed by atoms with Crippen LogP contribution in [0.1, 0.15) is 12.5 Å². The van der Waals surface area contributed by atoms with E-state index in [4.69, 9.17) is 31.9 Å².